The molecule has 0 spiro atoms. The Morgan fingerprint density at radius 2 is 2.08 bits per heavy atom. The van der Waals surface area contributed by atoms with E-state index in [2.05, 4.69) is 9.98 Å². The lowest BCUT2D eigenvalue weighted by Crippen LogP contribution is -2.40. The number of methoxy groups -OCH3 is 2. The smallest absolute Gasteiger partial charge is 0.493 e. The second-order valence-corrected chi connectivity index (χ2v) is 5.59. The molecule has 2 aliphatic heterocycles. The molecule has 0 fully saturated rings. The molecule has 2 aliphatic rings. The van der Waals surface area contributed by atoms with Crippen LogP contribution < -0.4 is 9.47 Å². The largest absolute Gasteiger partial charge is 0.510 e. The van der Waals surface area contributed by atoms with Crippen molar-refractivity contribution in [2.75, 3.05) is 20.8 Å². The van der Waals surface area contributed by atoms with E-state index in [1.54, 1.807) is 33.6 Å². The van der Waals surface area contributed by atoms with Crippen LogP contribution in [0.15, 0.2) is 40.6 Å². The summed E-state index contributed by atoms with van der Waals surface area (Å²) in [6.07, 6.45) is 4.26. The molecule has 138 valence electrons. The number of hydrogen-bond donors (Lipinski definition) is 0. The molecule has 8 heteroatoms. The molecule has 0 radical (unpaired) electrons. The maximum Gasteiger partial charge on any atom is 0.510 e. The first-order valence-corrected chi connectivity index (χ1v) is 8.27. The molecule has 0 N–H and O–H groups in total. The lowest BCUT2D eigenvalue weighted by atomic mass is 9.98. The number of amidine groups is 1. The first-order valence-electron chi connectivity index (χ1n) is 8.27. The first-order chi connectivity index (χ1) is 12.7. The summed E-state index contributed by atoms with van der Waals surface area (Å²) in [6.45, 7) is 1.97. The minimum Gasteiger partial charge on any atom is -0.493 e. The van der Waals surface area contributed by atoms with Crippen LogP contribution in [0.5, 0.6) is 11.5 Å². The van der Waals surface area contributed by atoms with Crippen molar-refractivity contribution in [1.82, 2.24) is 4.90 Å². The van der Waals surface area contributed by atoms with E-state index in [1.165, 1.54) is 0 Å². The average Bonchev–Trinajstić information content (AvgIpc) is 2.67. The SMILES string of the molecule is CCOC(=O)OC1CC(c2ccc(OC)c(OC)c2)N2C=CN=CC2=N1. The number of fused-ring (bicyclic) bond motifs is 1. The molecule has 2 atom stereocenters. The summed E-state index contributed by atoms with van der Waals surface area (Å²) in [6, 6.07) is 5.61. The summed E-state index contributed by atoms with van der Waals surface area (Å²) in [4.78, 5) is 22.2. The Bertz CT molecular complexity index is 759. The molecule has 0 saturated heterocycles. The van der Waals surface area contributed by atoms with Crippen LogP contribution in [0.25, 0.3) is 0 Å². The Morgan fingerprint density at radius 3 is 2.81 bits per heavy atom. The fraction of sp³-hybridized carbons (Fsp3) is 0.389. The van der Waals surface area contributed by atoms with Gasteiger partial charge in [-0.25, -0.2) is 9.79 Å². The van der Waals surface area contributed by atoms with Gasteiger partial charge >= 0.3 is 6.16 Å². The molecule has 2 unspecified atom stereocenters. The summed E-state index contributed by atoms with van der Waals surface area (Å²) >= 11 is 0. The molecule has 8 nitrogen and oxygen atoms in total. The summed E-state index contributed by atoms with van der Waals surface area (Å²) in [5.74, 6) is 1.90. The Hall–Kier alpha value is -3.03. The van der Waals surface area contributed by atoms with Gasteiger partial charge in [0.2, 0.25) is 6.23 Å². The van der Waals surface area contributed by atoms with Gasteiger partial charge in [-0.3, -0.25) is 4.99 Å². The van der Waals surface area contributed by atoms with Crippen molar-refractivity contribution in [2.24, 2.45) is 9.98 Å². The van der Waals surface area contributed by atoms with Gasteiger partial charge < -0.3 is 23.8 Å². The van der Waals surface area contributed by atoms with E-state index in [1.807, 2.05) is 29.3 Å². The van der Waals surface area contributed by atoms with E-state index >= 15 is 0 Å². The molecule has 1 aromatic rings. The standard InChI is InChI=1S/C18H21N3O5/c1-4-25-18(22)26-17-10-13(21-8-7-19-11-16(21)20-17)12-5-6-14(23-2)15(9-12)24-3/h5-9,11,13,17H,4,10H2,1-3H3. The maximum absolute atomic E-state index is 11.7. The van der Waals surface area contributed by atoms with Crippen molar-refractivity contribution in [2.45, 2.75) is 25.6 Å². The van der Waals surface area contributed by atoms with E-state index in [-0.39, 0.29) is 12.6 Å². The quantitative estimate of drug-likeness (QED) is 0.752. The number of hydrogen-bond acceptors (Lipinski definition) is 8. The van der Waals surface area contributed by atoms with Gasteiger partial charge in [0.05, 0.1) is 33.1 Å². The second kappa shape index (κ2) is 7.90. The number of rotatable bonds is 5. The third kappa shape index (κ3) is 3.63. The molecule has 1 aromatic carbocycles. The topological polar surface area (TPSA) is 82.0 Å². The molecular formula is C18H21N3O5. The zero-order valence-electron chi connectivity index (χ0n) is 14.9. The number of benzene rings is 1. The Labute approximate surface area is 151 Å². The van der Waals surface area contributed by atoms with Crippen LogP contribution in [0.1, 0.15) is 24.9 Å². The summed E-state index contributed by atoms with van der Waals surface area (Å²) < 4.78 is 20.9. The van der Waals surface area contributed by atoms with Crippen LogP contribution in [0, 0.1) is 0 Å². The second-order valence-electron chi connectivity index (χ2n) is 5.59. The van der Waals surface area contributed by atoms with Gasteiger partial charge in [-0.15, -0.1) is 0 Å². The molecule has 3 rings (SSSR count). The lowest BCUT2D eigenvalue weighted by molar-refractivity contribution is 0.0168. The van der Waals surface area contributed by atoms with Crippen molar-refractivity contribution < 1.29 is 23.7 Å². The normalized spacial score (nSPS) is 20.9. The number of aliphatic imine (C=N–C) groups is 2. The van der Waals surface area contributed by atoms with Crippen LogP contribution in [-0.4, -0.2) is 50.2 Å². The van der Waals surface area contributed by atoms with Crippen LogP contribution in [0.2, 0.25) is 0 Å². The monoisotopic (exact) mass is 359 g/mol. The van der Waals surface area contributed by atoms with Crippen molar-refractivity contribution in [1.29, 1.82) is 0 Å². The van der Waals surface area contributed by atoms with E-state index in [9.17, 15) is 4.79 Å². The molecular weight excluding hydrogens is 338 g/mol. The van der Waals surface area contributed by atoms with Crippen molar-refractivity contribution in [3.8, 4) is 11.5 Å². The highest BCUT2D eigenvalue weighted by Gasteiger charge is 2.33. The summed E-state index contributed by atoms with van der Waals surface area (Å²) in [5, 5.41) is 0. The minimum atomic E-state index is -0.732. The van der Waals surface area contributed by atoms with Crippen molar-refractivity contribution in [3.63, 3.8) is 0 Å². The van der Waals surface area contributed by atoms with Crippen molar-refractivity contribution in [3.05, 3.63) is 36.2 Å². The molecule has 26 heavy (non-hydrogen) atoms. The van der Waals surface area contributed by atoms with E-state index < -0.39 is 12.4 Å². The first kappa shape index (κ1) is 17.8. The minimum absolute atomic E-state index is 0.107. The zero-order chi connectivity index (χ0) is 18.5. The van der Waals surface area contributed by atoms with E-state index in [4.69, 9.17) is 18.9 Å². The number of carbonyl (C=O) groups excluding carboxylic acids is 1. The Morgan fingerprint density at radius 1 is 1.27 bits per heavy atom. The highest BCUT2D eigenvalue weighted by atomic mass is 16.7. The Kier molecular flexibility index (Phi) is 5.40. The predicted molar refractivity (Wildman–Crippen MR) is 95.7 cm³/mol. The van der Waals surface area contributed by atoms with Gasteiger partial charge in [-0.2, -0.15) is 0 Å². The lowest BCUT2D eigenvalue weighted by Gasteiger charge is -2.37. The number of nitrogens with zero attached hydrogens (tertiary/aromatic N) is 3. The molecule has 2 heterocycles. The van der Waals surface area contributed by atoms with Gasteiger partial charge in [-0.1, -0.05) is 6.07 Å². The third-order valence-electron chi connectivity index (χ3n) is 4.09. The van der Waals surface area contributed by atoms with Crippen LogP contribution in [-0.2, 0) is 9.47 Å². The summed E-state index contributed by atoms with van der Waals surface area (Å²) in [7, 11) is 3.19. The third-order valence-corrected chi connectivity index (χ3v) is 4.09. The maximum atomic E-state index is 11.7. The summed E-state index contributed by atoms with van der Waals surface area (Å²) in [5.41, 5.74) is 0.979. The van der Waals surface area contributed by atoms with Crippen molar-refractivity contribution >= 4 is 18.2 Å². The van der Waals surface area contributed by atoms with Crippen LogP contribution in [0.3, 0.4) is 0 Å². The zero-order valence-corrected chi connectivity index (χ0v) is 14.9. The molecule has 0 saturated carbocycles. The fourth-order valence-electron chi connectivity index (χ4n) is 2.93. The van der Waals surface area contributed by atoms with Gasteiger partial charge in [0.25, 0.3) is 0 Å². The number of ether oxygens (including phenoxy) is 4. The Balaban J connectivity index is 1.90. The molecule has 0 bridgehead atoms. The molecule has 0 amide bonds. The van der Waals surface area contributed by atoms with E-state index in [0.29, 0.717) is 23.8 Å². The fourth-order valence-corrected chi connectivity index (χ4v) is 2.93. The highest BCUT2D eigenvalue weighted by molar-refractivity contribution is 6.30. The molecule has 0 aromatic heterocycles. The van der Waals surface area contributed by atoms with Crippen LogP contribution >= 0.6 is 0 Å². The number of carbonyl (C=O) groups is 1. The van der Waals surface area contributed by atoms with Gasteiger partial charge in [0.1, 0.15) is 0 Å². The van der Waals surface area contributed by atoms with Gasteiger partial charge in [-0.05, 0) is 24.6 Å². The molecule has 0 aliphatic carbocycles. The average molecular weight is 359 g/mol. The predicted octanol–water partition coefficient (Wildman–Crippen LogP) is 2.90. The van der Waals surface area contributed by atoms with E-state index in [0.717, 1.165) is 5.56 Å². The van der Waals surface area contributed by atoms with Gasteiger partial charge in [0, 0.05) is 18.8 Å². The van der Waals surface area contributed by atoms with Gasteiger partial charge in [0.15, 0.2) is 17.3 Å². The van der Waals surface area contributed by atoms with Crippen LogP contribution in [0.4, 0.5) is 4.79 Å². The highest BCUT2D eigenvalue weighted by Crippen LogP contribution is 2.37.